The number of benzene rings is 5. The molecule has 0 spiro atoms. The Morgan fingerprint density at radius 3 is 1.69 bits per heavy atom. The quantitative estimate of drug-likeness (QED) is 0.0891. The lowest BCUT2D eigenvalue weighted by molar-refractivity contribution is -0.275. The van der Waals surface area contributed by atoms with Gasteiger partial charge in [-0.05, 0) is 58.5 Å². The van der Waals surface area contributed by atoms with Gasteiger partial charge in [0.2, 0.25) is 5.89 Å². The van der Waals surface area contributed by atoms with Crippen LogP contribution in [0.1, 0.15) is 50.9 Å². The van der Waals surface area contributed by atoms with Crippen LogP contribution in [0.25, 0.3) is 11.6 Å². The van der Waals surface area contributed by atoms with E-state index in [-0.39, 0.29) is 6.61 Å². The lowest BCUT2D eigenvalue weighted by Gasteiger charge is -2.46. The minimum atomic E-state index is -0.595. The van der Waals surface area contributed by atoms with E-state index in [2.05, 4.69) is 69.8 Å². The topological polar surface area (TPSA) is 98.0 Å². The summed E-state index contributed by atoms with van der Waals surface area (Å²) in [4.78, 5) is 4.28. The Morgan fingerprint density at radius 1 is 0.593 bits per heavy atom. The molecule has 1 aliphatic heterocycles. The molecule has 0 N–H and O–H groups in total. The van der Waals surface area contributed by atoms with Crippen molar-refractivity contribution in [2.75, 3.05) is 6.61 Å². The van der Waals surface area contributed by atoms with Crippen LogP contribution < -0.4 is 0 Å². The van der Waals surface area contributed by atoms with Gasteiger partial charge in [-0.2, -0.15) is 5.10 Å². The molecule has 0 radical (unpaired) electrons. The Balaban J connectivity index is 1.14. The van der Waals surface area contributed by atoms with E-state index in [4.69, 9.17) is 39.7 Å². The van der Waals surface area contributed by atoms with Crippen molar-refractivity contribution in [3.05, 3.63) is 208 Å². The summed E-state index contributed by atoms with van der Waals surface area (Å²) in [6.45, 7) is 3.56. The van der Waals surface area contributed by atoms with Gasteiger partial charge in [-0.25, -0.2) is 4.98 Å². The fraction of sp³-hybridized carbons (Fsp3) is 0.245. The molecule has 5 atom stereocenters. The van der Waals surface area contributed by atoms with Crippen LogP contribution in [0.3, 0.4) is 0 Å². The minimum Gasteiger partial charge on any atom is -0.440 e. The van der Waals surface area contributed by atoms with E-state index in [0.29, 0.717) is 55.2 Å². The molecule has 0 amide bonds. The van der Waals surface area contributed by atoms with Crippen LogP contribution >= 0.6 is 11.6 Å². The highest BCUT2D eigenvalue weighted by molar-refractivity contribution is 6.31. The zero-order valence-corrected chi connectivity index (χ0v) is 33.6. The molecular formula is C49H46ClN3O6. The van der Waals surface area contributed by atoms with Gasteiger partial charge in [0.05, 0.1) is 44.9 Å². The van der Waals surface area contributed by atoms with Gasteiger partial charge in [-0.15, -0.1) is 5.10 Å². The fourth-order valence-electron chi connectivity index (χ4n) is 7.20. The van der Waals surface area contributed by atoms with Gasteiger partial charge in [0.25, 0.3) is 0 Å². The van der Waals surface area contributed by atoms with Gasteiger partial charge in [-0.1, -0.05) is 145 Å². The fourth-order valence-corrected chi connectivity index (χ4v) is 7.39. The highest BCUT2D eigenvalue weighted by Crippen LogP contribution is 2.40. The summed E-state index contributed by atoms with van der Waals surface area (Å²) in [5.74, 6) is 1.13. The molecule has 7 aromatic rings. The number of rotatable bonds is 17. The third kappa shape index (κ3) is 10.8. The molecule has 0 bridgehead atoms. The Bertz CT molecular complexity index is 2330. The van der Waals surface area contributed by atoms with E-state index in [9.17, 15) is 0 Å². The van der Waals surface area contributed by atoms with E-state index in [0.717, 1.165) is 39.1 Å². The Kier molecular flexibility index (Phi) is 13.6. The Hall–Kier alpha value is -5.52. The van der Waals surface area contributed by atoms with Crippen molar-refractivity contribution in [2.24, 2.45) is 0 Å². The van der Waals surface area contributed by atoms with E-state index < -0.39 is 30.5 Å². The second kappa shape index (κ2) is 20.0. The van der Waals surface area contributed by atoms with Crippen LogP contribution in [-0.2, 0) is 56.5 Å². The van der Waals surface area contributed by atoms with Crippen molar-refractivity contribution in [1.29, 1.82) is 0 Å². The third-order valence-corrected chi connectivity index (χ3v) is 10.6. The highest BCUT2D eigenvalue weighted by atomic mass is 35.5. The van der Waals surface area contributed by atoms with Gasteiger partial charge < -0.3 is 28.1 Å². The summed E-state index contributed by atoms with van der Waals surface area (Å²) in [6.07, 6.45) is -0.729. The van der Waals surface area contributed by atoms with E-state index in [1.54, 1.807) is 6.20 Å². The van der Waals surface area contributed by atoms with Crippen molar-refractivity contribution in [3.8, 4) is 11.6 Å². The molecule has 8 rings (SSSR count). The van der Waals surface area contributed by atoms with Crippen LogP contribution in [0.15, 0.2) is 162 Å². The van der Waals surface area contributed by atoms with E-state index in [1.807, 2.05) is 104 Å². The van der Waals surface area contributed by atoms with E-state index in [1.165, 1.54) is 0 Å². The molecule has 1 fully saturated rings. The molecule has 1 aliphatic rings. The van der Waals surface area contributed by atoms with Gasteiger partial charge in [0.1, 0.15) is 42.0 Å². The van der Waals surface area contributed by atoms with Gasteiger partial charge in [-0.3, -0.25) is 0 Å². The Labute approximate surface area is 349 Å². The maximum Gasteiger partial charge on any atom is 0.247 e. The molecule has 3 heterocycles. The first-order chi connectivity index (χ1) is 29.1. The lowest BCUT2D eigenvalue weighted by atomic mass is 9.89. The highest BCUT2D eigenvalue weighted by Gasteiger charge is 2.49. The largest absolute Gasteiger partial charge is 0.440 e. The summed E-state index contributed by atoms with van der Waals surface area (Å²) < 4.78 is 40.0. The molecular weight excluding hydrogens is 762 g/mol. The van der Waals surface area contributed by atoms with Gasteiger partial charge >= 0.3 is 0 Å². The first kappa shape index (κ1) is 40.3. The van der Waals surface area contributed by atoms with Crippen molar-refractivity contribution < 1.29 is 28.1 Å². The number of oxazole rings is 1. The maximum absolute atomic E-state index is 7.16. The molecule has 59 heavy (non-hydrogen) atoms. The average Bonchev–Trinajstić information content (AvgIpc) is 3.73. The SMILES string of the molecule is Cc1cnc(-c2ccc(Cc3cc(C4OC(COCc5ccccc5)C(OCc5ccccc5)C(OCc5ccccc5)C4OCc4ccccc4)ccc3Cl)nn2)o1. The van der Waals surface area contributed by atoms with Crippen LogP contribution in [0.2, 0.25) is 5.02 Å². The molecule has 0 saturated carbocycles. The number of aryl methyl sites for hydroxylation is 1. The molecule has 5 aromatic carbocycles. The monoisotopic (exact) mass is 807 g/mol. The van der Waals surface area contributed by atoms with Crippen LogP contribution in [-0.4, -0.2) is 46.2 Å². The average molecular weight is 808 g/mol. The molecule has 0 aliphatic carbocycles. The van der Waals surface area contributed by atoms with Crippen LogP contribution in [0, 0.1) is 6.92 Å². The first-order valence-corrected chi connectivity index (χ1v) is 20.2. The molecule has 300 valence electrons. The normalized spacial score (nSPS) is 19.1. The number of halogens is 1. The molecule has 5 unspecified atom stereocenters. The van der Waals surface area contributed by atoms with Crippen molar-refractivity contribution >= 4 is 11.6 Å². The predicted octanol–water partition coefficient (Wildman–Crippen LogP) is 10.1. The second-order valence-electron chi connectivity index (χ2n) is 14.6. The first-order valence-electron chi connectivity index (χ1n) is 19.8. The standard InChI is InChI=1S/C49H46ClN3O6/c1-34-28-51-49(58-34)43-25-23-41(52-53-43)27-40-26-39(22-24-42(40)50)45-47(56-31-37-18-10-4-11-19-37)48(57-32-38-20-12-5-13-21-38)46(55-30-36-16-8-3-9-17-36)44(59-45)33-54-29-35-14-6-2-7-15-35/h2-26,28,44-48H,27,29-33H2,1H3. The van der Waals surface area contributed by atoms with Crippen LogP contribution in [0.5, 0.6) is 0 Å². The third-order valence-electron chi connectivity index (χ3n) is 10.2. The number of nitrogens with zero attached hydrogens (tertiary/aromatic N) is 3. The molecule has 9 nitrogen and oxygen atoms in total. The number of aromatic nitrogens is 3. The van der Waals surface area contributed by atoms with Crippen LogP contribution in [0.4, 0.5) is 0 Å². The number of ether oxygens (including phenoxy) is 5. The van der Waals surface area contributed by atoms with Gasteiger partial charge in [0, 0.05) is 11.4 Å². The minimum absolute atomic E-state index is 0.258. The number of hydrogen-bond acceptors (Lipinski definition) is 9. The van der Waals surface area contributed by atoms with Gasteiger partial charge in [0.15, 0.2) is 0 Å². The summed E-state index contributed by atoms with van der Waals surface area (Å²) >= 11 is 6.91. The lowest BCUT2D eigenvalue weighted by Crippen LogP contribution is -2.58. The Morgan fingerprint density at radius 2 is 1.15 bits per heavy atom. The summed E-state index contributed by atoms with van der Waals surface area (Å²) in [5.41, 5.74) is 7.21. The summed E-state index contributed by atoms with van der Waals surface area (Å²) in [7, 11) is 0. The molecule has 1 saturated heterocycles. The zero-order valence-electron chi connectivity index (χ0n) is 32.8. The predicted molar refractivity (Wildman–Crippen MR) is 225 cm³/mol. The van der Waals surface area contributed by atoms with Crippen molar-refractivity contribution in [3.63, 3.8) is 0 Å². The van der Waals surface area contributed by atoms with Crippen molar-refractivity contribution in [1.82, 2.24) is 15.2 Å². The summed E-state index contributed by atoms with van der Waals surface area (Å²) in [5, 5.41) is 9.49. The van der Waals surface area contributed by atoms with Crippen molar-refractivity contribution in [2.45, 2.75) is 70.3 Å². The zero-order chi connectivity index (χ0) is 40.2. The second-order valence-corrected chi connectivity index (χ2v) is 15.0. The molecule has 10 heteroatoms. The smallest absolute Gasteiger partial charge is 0.247 e. The molecule has 2 aromatic heterocycles. The maximum atomic E-state index is 7.16. The van der Waals surface area contributed by atoms with E-state index >= 15 is 0 Å². The number of hydrogen-bond donors (Lipinski definition) is 0. The summed E-state index contributed by atoms with van der Waals surface area (Å²) in [6, 6.07) is 50.3.